The average molecular weight is 260 g/mol. The first-order chi connectivity index (χ1) is 9.08. The molecule has 1 heterocycles. The van der Waals surface area contributed by atoms with Gasteiger partial charge in [0.1, 0.15) is 11.6 Å². The summed E-state index contributed by atoms with van der Waals surface area (Å²) < 4.78 is 18.4. The minimum atomic E-state index is -0.247. The molecule has 2 aromatic rings. The molecule has 1 aromatic heterocycles. The van der Waals surface area contributed by atoms with E-state index in [1.807, 2.05) is 26.0 Å². The molecule has 0 fully saturated rings. The lowest BCUT2D eigenvalue weighted by Crippen LogP contribution is -2.04. The Bertz CT molecular complexity index is 584. The number of benzene rings is 1. The topological polar surface area (TPSA) is 34.1 Å². The molecule has 100 valence electrons. The summed E-state index contributed by atoms with van der Waals surface area (Å²) in [5.74, 6) is 0.531. The van der Waals surface area contributed by atoms with Crippen molar-refractivity contribution in [2.75, 3.05) is 12.4 Å². The monoisotopic (exact) mass is 260 g/mol. The quantitative estimate of drug-likeness (QED) is 0.914. The Labute approximate surface area is 112 Å². The van der Waals surface area contributed by atoms with E-state index >= 15 is 0 Å². The first-order valence-electron chi connectivity index (χ1n) is 6.10. The molecule has 0 amide bonds. The van der Waals surface area contributed by atoms with Gasteiger partial charge in [-0.05, 0) is 31.5 Å². The first kappa shape index (κ1) is 13.3. The van der Waals surface area contributed by atoms with Crippen molar-refractivity contribution in [3.8, 4) is 5.75 Å². The van der Waals surface area contributed by atoms with Crippen LogP contribution in [-0.2, 0) is 6.54 Å². The van der Waals surface area contributed by atoms with Gasteiger partial charge >= 0.3 is 0 Å². The second kappa shape index (κ2) is 5.69. The summed E-state index contributed by atoms with van der Waals surface area (Å²) in [5, 5.41) is 3.19. The number of hydrogen-bond donors (Lipinski definition) is 1. The summed E-state index contributed by atoms with van der Waals surface area (Å²) in [5.41, 5.74) is 3.54. The summed E-state index contributed by atoms with van der Waals surface area (Å²) >= 11 is 0. The fourth-order valence-corrected chi connectivity index (χ4v) is 1.88. The van der Waals surface area contributed by atoms with Crippen molar-refractivity contribution >= 4 is 5.69 Å². The maximum Gasteiger partial charge on any atom is 0.125 e. The molecule has 0 saturated carbocycles. The number of nitrogens with zero attached hydrogens (tertiary/aromatic N) is 1. The third kappa shape index (κ3) is 3.44. The van der Waals surface area contributed by atoms with E-state index in [1.54, 1.807) is 13.2 Å². The summed E-state index contributed by atoms with van der Waals surface area (Å²) in [6.07, 6.45) is 0. The van der Waals surface area contributed by atoms with E-state index in [0.29, 0.717) is 6.54 Å². The molecule has 2 rings (SSSR count). The van der Waals surface area contributed by atoms with Crippen LogP contribution in [0.25, 0.3) is 0 Å². The molecule has 1 aromatic carbocycles. The number of aromatic nitrogens is 1. The fraction of sp³-hybridized carbons (Fsp3) is 0.267. The summed E-state index contributed by atoms with van der Waals surface area (Å²) in [6.45, 7) is 4.38. The lowest BCUT2D eigenvalue weighted by molar-refractivity contribution is 0.413. The SMILES string of the molecule is COc1cc(C)nc(CNc2cc(F)ccc2C)c1. The van der Waals surface area contributed by atoms with E-state index in [9.17, 15) is 4.39 Å². The van der Waals surface area contributed by atoms with Crippen molar-refractivity contribution in [1.29, 1.82) is 0 Å². The Balaban J connectivity index is 2.14. The third-order valence-electron chi connectivity index (χ3n) is 2.88. The van der Waals surface area contributed by atoms with Gasteiger partial charge in [0.15, 0.2) is 0 Å². The highest BCUT2D eigenvalue weighted by Crippen LogP contribution is 2.18. The second-order valence-corrected chi connectivity index (χ2v) is 4.45. The predicted molar refractivity (Wildman–Crippen MR) is 74.0 cm³/mol. The molecule has 0 aliphatic heterocycles. The molecule has 0 aliphatic carbocycles. The van der Waals surface area contributed by atoms with Gasteiger partial charge in [-0.3, -0.25) is 4.98 Å². The predicted octanol–water partition coefficient (Wildman–Crippen LogP) is 3.46. The molecule has 1 N–H and O–H groups in total. The molecule has 0 aliphatic rings. The van der Waals surface area contributed by atoms with Gasteiger partial charge in [0, 0.05) is 23.5 Å². The van der Waals surface area contributed by atoms with Gasteiger partial charge in [-0.25, -0.2) is 4.39 Å². The van der Waals surface area contributed by atoms with Gasteiger partial charge in [-0.1, -0.05) is 6.07 Å². The number of methoxy groups -OCH3 is 1. The number of ether oxygens (including phenoxy) is 1. The first-order valence-corrected chi connectivity index (χ1v) is 6.10. The number of pyridine rings is 1. The van der Waals surface area contributed by atoms with E-state index < -0.39 is 0 Å². The largest absolute Gasteiger partial charge is 0.497 e. The second-order valence-electron chi connectivity index (χ2n) is 4.45. The highest BCUT2D eigenvalue weighted by Gasteiger charge is 2.03. The van der Waals surface area contributed by atoms with E-state index in [0.717, 1.165) is 28.4 Å². The van der Waals surface area contributed by atoms with E-state index in [4.69, 9.17) is 4.74 Å². The Morgan fingerprint density at radius 2 is 2.00 bits per heavy atom. The molecule has 19 heavy (non-hydrogen) atoms. The molecule has 0 bridgehead atoms. The standard InChI is InChI=1S/C15H17FN2O/c1-10-4-5-12(16)7-15(10)17-9-13-8-14(19-3)6-11(2)18-13/h4-8,17H,9H2,1-3H3. The van der Waals surface area contributed by atoms with Crippen LogP contribution in [0.2, 0.25) is 0 Å². The number of halogens is 1. The normalized spacial score (nSPS) is 10.3. The minimum absolute atomic E-state index is 0.247. The van der Waals surface area contributed by atoms with Crippen LogP contribution in [0.5, 0.6) is 5.75 Å². The van der Waals surface area contributed by atoms with Gasteiger partial charge in [-0.2, -0.15) is 0 Å². The van der Waals surface area contributed by atoms with Gasteiger partial charge < -0.3 is 10.1 Å². The van der Waals surface area contributed by atoms with Crippen molar-refractivity contribution in [3.05, 3.63) is 53.1 Å². The lowest BCUT2D eigenvalue weighted by Gasteiger charge is -2.10. The van der Waals surface area contributed by atoms with Gasteiger partial charge in [0.2, 0.25) is 0 Å². The van der Waals surface area contributed by atoms with Crippen LogP contribution in [0, 0.1) is 19.7 Å². The van der Waals surface area contributed by atoms with E-state index in [-0.39, 0.29) is 5.82 Å². The maximum atomic E-state index is 13.2. The van der Waals surface area contributed by atoms with Crippen LogP contribution in [0.15, 0.2) is 30.3 Å². The van der Waals surface area contributed by atoms with Crippen molar-refractivity contribution in [1.82, 2.24) is 4.98 Å². The molecule has 0 atom stereocenters. The van der Waals surface area contributed by atoms with Gasteiger partial charge in [0.25, 0.3) is 0 Å². The zero-order valence-electron chi connectivity index (χ0n) is 11.3. The van der Waals surface area contributed by atoms with Crippen molar-refractivity contribution in [2.24, 2.45) is 0 Å². The summed E-state index contributed by atoms with van der Waals surface area (Å²) in [4.78, 5) is 4.41. The molecule has 3 nitrogen and oxygen atoms in total. The van der Waals surface area contributed by atoms with Crippen molar-refractivity contribution < 1.29 is 9.13 Å². The summed E-state index contributed by atoms with van der Waals surface area (Å²) in [7, 11) is 1.63. The Hall–Kier alpha value is -2.10. The number of aryl methyl sites for hydroxylation is 2. The molecular weight excluding hydrogens is 243 g/mol. The number of nitrogens with one attached hydrogen (secondary N) is 1. The van der Waals surface area contributed by atoms with Crippen LogP contribution in [-0.4, -0.2) is 12.1 Å². The molecule has 0 unspecified atom stereocenters. The molecule has 0 saturated heterocycles. The van der Waals surface area contributed by atoms with E-state index in [2.05, 4.69) is 10.3 Å². The molecule has 4 heteroatoms. The van der Waals surface area contributed by atoms with Crippen LogP contribution in [0.4, 0.5) is 10.1 Å². The Morgan fingerprint density at radius 3 is 2.74 bits per heavy atom. The molecule has 0 radical (unpaired) electrons. The molecule has 0 spiro atoms. The van der Waals surface area contributed by atoms with Gasteiger partial charge in [0.05, 0.1) is 19.3 Å². The van der Waals surface area contributed by atoms with E-state index in [1.165, 1.54) is 12.1 Å². The zero-order valence-corrected chi connectivity index (χ0v) is 11.3. The Kier molecular flexibility index (Phi) is 4.00. The van der Waals surface area contributed by atoms with Gasteiger partial charge in [-0.15, -0.1) is 0 Å². The van der Waals surface area contributed by atoms with Crippen molar-refractivity contribution in [3.63, 3.8) is 0 Å². The van der Waals surface area contributed by atoms with Crippen LogP contribution in [0.3, 0.4) is 0 Å². The maximum absolute atomic E-state index is 13.2. The van der Waals surface area contributed by atoms with Crippen LogP contribution >= 0.6 is 0 Å². The molecular formula is C15H17FN2O. The Morgan fingerprint density at radius 1 is 1.21 bits per heavy atom. The van der Waals surface area contributed by atoms with Crippen LogP contribution < -0.4 is 10.1 Å². The summed E-state index contributed by atoms with van der Waals surface area (Å²) in [6, 6.07) is 8.43. The average Bonchev–Trinajstić information content (AvgIpc) is 2.39. The smallest absolute Gasteiger partial charge is 0.125 e. The fourth-order valence-electron chi connectivity index (χ4n) is 1.88. The highest BCUT2D eigenvalue weighted by molar-refractivity contribution is 5.50. The highest BCUT2D eigenvalue weighted by atomic mass is 19.1. The minimum Gasteiger partial charge on any atom is -0.497 e. The zero-order chi connectivity index (χ0) is 13.8. The number of rotatable bonds is 4. The van der Waals surface area contributed by atoms with Crippen molar-refractivity contribution in [2.45, 2.75) is 20.4 Å². The number of anilines is 1. The lowest BCUT2D eigenvalue weighted by atomic mass is 10.2. The van der Waals surface area contributed by atoms with Crippen LogP contribution in [0.1, 0.15) is 17.0 Å². The third-order valence-corrected chi connectivity index (χ3v) is 2.88. The number of hydrogen-bond acceptors (Lipinski definition) is 3.